The molecule has 5 atom stereocenters. The minimum absolute atomic E-state index is 0.0408. The lowest BCUT2D eigenvalue weighted by atomic mass is 9.85. The van der Waals surface area contributed by atoms with Gasteiger partial charge in [0.25, 0.3) is 11.5 Å². The van der Waals surface area contributed by atoms with Crippen molar-refractivity contribution in [1.29, 1.82) is 0 Å². The second-order valence-corrected chi connectivity index (χ2v) is 14.5. The van der Waals surface area contributed by atoms with Gasteiger partial charge in [-0.15, -0.1) is 0 Å². The first-order chi connectivity index (χ1) is 23.9. The Morgan fingerprint density at radius 3 is 2.47 bits per heavy atom. The van der Waals surface area contributed by atoms with Gasteiger partial charge in [0, 0.05) is 42.9 Å². The molecule has 3 N–H and O–H groups in total. The van der Waals surface area contributed by atoms with Crippen LogP contribution in [0.3, 0.4) is 0 Å². The Bertz CT molecular complexity index is 1780. The van der Waals surface area contributed by atoms with E-state index in [0.29, 0.717) is 24.4 Å². The van der Waals surface area contributed by atoms with E-state index in [1.54, 1.807) is 16.8 Å². The van der Waals surface area contributed by atoms with Crippen molar-refractivity contribution < 1.29 is 14.6 Å². The predicted molar refractivity (Wildman–Crippen MR) is 193 cm³/mol. The minimum atomic E-state index is -0.850. The van der Waals surface area contributed by atoms with Gasteiger partial charge < -0.3 is 25.0 Å². The van der Waals surface area contributed by atoms with Crippen LogP contribution in [0.25, 0.3) is 0 Å². The molecule has 2 saturated carbocycles. The number of nitrogens with zero attached hydrogens (tertiary/aromatic N) is 1. The average Bonchev–Trinajstić information content (AvgIpc) is 3.81. The van der Waals surface area contributed by atoms with E-state index in [0.717, 1.165) is 61.8 Å². The Morgan fingerprint density at radius 1 is 0.959 bits per heavy atom. The summed E-state index contributed by atoms with van der Waals surface area (Å²) in [5.41, 5.74) is 4.91. The first-order valence-electron chi connectivity index (χ1n) is 18.2. The van der Waals surface area contributed by atoms with Crippen LogP contribution in [-0.2, 0) is 12.8 Å². The smallest absolute Gasteiger partial charge is 0.253 e. The highest BCUT2D eigenvalue weighted by molar-refractivity contribution is 5.94. The van der Waals surface area contributed by atoms with E-state index in [2.05, 4.69) is 60.0 Å². The number of carbonyl (C=O) groups is 1. The zero-order chi connectivity index (χ0) is 33.8. The van der Waals surface area contributed by atoms with Gasteiger partial charge in [0.1, 0.15) is 11.4 Å². The standard InChI is InChI=1S/C42H49N3O4/c1-2-29-15-19-39-35(23-29)37(26-42(49-39)21-9-10-22-42)43-27-38(46)36(24-30-11-5-3-6-12-30)44-41(48)33-17-20-40(47)45(28-33)34-18-16-32(25-34)31-13-7-4-8-14-31/h3-8,11-15,17,19-20,23,28,32,34,36-38,43,46H,2,9-10,16,18,21-22,24-27H2,1H3,(H,44,48)/t32?,34?,36-,37?,38+/m0/s1. The van der Waals surface area contributed by atoms with Crippen LogP contribution in [0, 0.1) is 0 Å². The van der Waals surface area contributed by atoms with Crippen LogP contribution in [-0.4, -0.2) is 39.9 Å². The van der Waals surface area contributed by atoms with Gasteiger partial charge in [-0.05, 0) is 92.5 Å². The van der Waals surface area contributed by atoms with Gasteiger partial charge in [-0.25, -0.2) is 0 Å². The number of rotatable bonds is 11. The third-order valence-electron chi connectivity index (χ3n) is 11.2. The van der Waals surface area contributed by atoms with Gasteiger partial charge in [0.15, 0.2) is 0 Å². The highest BCUT2D eigenvalue weighted by Gasteiger charge is 2.43. The number of nitrogens with one attached hydrogen (secondary N) is 2. The number of hydrogen-bond donors (Lipinski definition) is 3. The molecule has 7 rings (SSSR count). The summed E-state index contributed by atoms with van der Waals surface area (Å²) in [4.78, 5) is 26.9. The zero-order valence-electron chi connectivity index (χ0n) is 28.5. The third kappa shape index (κ3) is 7.53. The Morgan fingerprint density at radius 2 is 1.71 bits per heavy atom. The molecule has 3 aromatic carbocycles. The van der Waals surface area contributed by atoms with Gasteiger partial charge >= 0.3 is 0 Å². The van der Waals surface area contributed by atoms with Crippen molar-refractivity contribution in [1.82, 2.24) is 15.2 Å². The summed E-state index contributed by atoms with van der Waals surface area (Å²) in [6, 6.07) is 29.6. The van der Waals surface area contributed by atoms with Crippen molar-refractivity contribution in [2.75, 3.05) is 6.54 Å². The number of fused-ring (bicyclic) bond motifs is 1. The zero-order valence-corrected chi connectivity index (χ0v) is 28.5. The van der Waals surface area contributed by atoms with Crippen molar-refractivity contribution in [3.63, 3.8) is 0 Å². The molecule has 3 aliphatic rings. The number of aliphatic hydroxyl groups is 1. The van der Waals surface area contributed by atoms with Gasteiger partial charge in [0.2, 0.25) is 0 Å². The van der Waals surface area contributed by atoms with Crippen molar-refractivity contribution in [3.05, 3.63) is 135 Å². The lowest BCUT2D eigenvalue weighted by molar-refractivity contribution is 0.0326. The van der Waals surface area contributed by atoms with E-state index in [4.69, 9.17) is 4.74 Å². The Labute approximate surface area is 289 Å². The Balaban J connectivity index is 1.08. The molecular formula is C42H49N3O4. The third-order valence-corrected chi connectivity index (χ3v) is 11.2. The van der Waals surface area contributed by atoms with Crippen molar-refractivity contribution in [3.8, 4) is 5.75 Å². The van der Waals surface area contributed by atoms with Crippen LogP contribution in [0.4, 0.5) is 0 Å². The molecule has 2 heterocycles. The Kier molecular flexibility index (Phi) is 10.0. The molecule has 256 valence electrons. The Hall–Kier alpha value is -4.20. The van der Waals surface area contributed by atoms with Crippen molar-refractivity contribution in [2.45, 2.75) is 107 Å². The number of aryl methyl sites for hydroxylation is 1. The number of amides is 1. The number of hydrogen-bond acceptors (Lipinski definition) is 5. The lowest BCUT2D eigenvalue weighted by Gasteiger charge is -2.41. The van der Waals surface area contributed by atoms with Crippen molar-refractivity contribution >= 4 is 5.91 Å². The van der Waals surface area contributed by atoms with Gasteiger partial charge in [0.05, 0.1) is 17.7 Å². The molecule has 1 aromatic heterocycles. The van der Waals surface area contributed by atoms with E-state index < -0.39 is 12.1 Å². The largest absolute Gasteiger partial charge is 0.487 e. The van der Waals surface area contributed by atoms with Crippen LogP contribution in [0.1, 0.15) is 109 Å². The van der Waals surface area contributed by atoms with Crippen LogP contribution >= 0.6 is 0 Å². The minimum Gasteiger partial charge on any atom is -0.487 e. The van der Waals surface area contributed by atoms with Crippen LogP contribution in [0.5, 0.6) is 5.75 Å². The fourth-order valence-corrected chi connectivity index (χ4v) is 8.42. The average molecular weight is 660 g/mol. The quantitative estimate of drug-likeness (QED) is 0.161. The first kappa shape index (κ1) is 33.3. The summed E-state index contributed by atoms with van der Waals surface area (Å²) < 4.78 is 8.39. The number of ether oxygens (including phenoxy) is 1. The maximum atomic E-state index is 13.8. The summed E-state index contributed by atoms with van der Waals surface area (Å²) >= 11 is 0. The number of benzene rings is 3. The van der Waals surface area contributed by atoms with Gasteiger partial charge in [-0.2, -0.15) is 0 Å². The van der Waals surface area contributed by atoms with Gasteiger partial charge in [-0.3, -0.25) is 9.59 Å². The van der Waals surface area contributed by atoms with E-state index in [9.17, 15) is 14.7 Å². The second-order valence-electron chi connectivity index (χ2n) is 14.5. The van der Waals surface area contributed by atoms with E-state index in [-0.39, 0.29) is 29.2 Å². The van der Waals surface area contributed by atoms with Crippen LogP contribution in [0.15, 0.2) is 102 Å². The molecule has 2 aliphatic carbocycles. The van der Waals surface area contributed by atoms with E-state index in [1.165, 1.54) is 30.0 Å². The molecule has 1 spiro atoms. The van der Waals surface area contributed by atoms with Gasteiger partial charge in [-0.1, -0.05) is 79.7 Å². The van der Waals surface area contributed by atoms with Crippen LogP contribution in [0.2, 0.25) is 0 Å². The predicted octanol–water partition coefficient (Wildman–Crippen LogP) is 7.05. The van der Waals surface area contributed by atoms with Crippen LogP contribution < -0.4 is 20.9 Å². The monoisotopic (exact) mass is 659 g/mol. The highest BCUT2D eigenvalue weighted by atomic mass is 16.5. The number of aliphatic hydroxyl groups excluding tert-OH is 1. The molecule has 0 saturated heterocycles. The molecular weight excluding hydrogens is 610 g/mol. The summed E-state index contributed by atoms with van der Waals surface area (Å²) in [5.74, 6) is 1.05. The molecule has 3 unspecified atom stereocenters. The fraction of sp³-hybridized carbons (Fsp3) is 0.429. The molecule has 0 bridgehead atoms. The molecule has 2 fully saturated rings. The molecule has 4 aromatic rings. The second kappa shape index (κ2) is 14.7. The number of carbonyl (C=O) groups excluding carboxylic acids is 1. The molecule has 1 amide bonds. The fourth-order valence-electron chi connectivity index (χ4n) is 8.42. The maximum Gasteiger partial charge on any atom is 0.253 e. The van der Waals surface area contributed by atoms with E-state index in [1.807, 2.05) is 36.4 Å². The number of aromatic nitrogens is 1. The van der Waals surface area contributed by atoms with E-state index >= 15 is 0 Å². The summed E-state index contributed by atoms with van der Waals surface area (Å²) in [6.45, 7) is 2.48. The maximum absolute atomic E-state index is 13.8. The molecule has 49 heavy (non-hydrogen) atoms. The molecule has 1 aliphatic heterocycles. The molecule has 0 radical (unpaired) electrons. The topological polar surface area (TPSA) is 92.6 Å². The summed E-state index contributed by atoms with van der Waals surface area (Å²) in [7, 11) is 0. The summed E-state index contributed by atoms with van der Waals surface area (Å²) in [6.07, 6.45) is 10.4. The SMILES string of the molecule is CCc1ccc2c(c1)C(NC[C@@H](O)[C@H](Cc1ccccc1)NC(=O)c1ccc(=O)n(C3CCC(c4ccccc4)C3)c1)CC1(CCCC1)O2. The molecule has 7 heteroatoms. The lowest BCUT2D eigenvalue weighted by Crippen LogP contribution is -2.50. The normalized spacial score (nSPS) is 22.3. The summed E-state index contributed by atoms with van der Waals surface area (Å²) in [5, 5.41) is 18.6. The number of pyridine rings is 1. The first-order valence-corrected chi connectivity index (χ1v) is 18.2. The molecule has 7 nitrogen and oxygen atoms in total. The highest BCUT2D eigenvalue weighted by Crippen LogP contribution is 2.47. The van der Waals surface area contributed by atoms with Crippen molar-refractivity contribution in [2.24, 2.45) is 0 Å².